The maximum atomic E-state index is 12.8. The summed E-state index contributed by atoms with van der Waals surface area (Å²) >= 11 is 0. The van der Waals surface area contributed by atoms with Crippen LogP contribution in [0.4, 0.5) is 5.69 Å². The number of phenolic OH excluding ortho intramolecular Hbond substituents is 1. The van der Waals surface area contributed by atoms with Crippen molar-refractivity contribution in [3.8, 4) is 5.75 Å². The van der Waals surface area contributed by atoms with Crippen LogP contribution in [0, 0.1) is 19.3 Å². The normalized spacial score (nSPS) is 11.9. The average Bonchev–Trinajstić information content (AvgIpc) is 2.81. The Kier molecular flexibility index (Phi) is 8.25. The van der Waals surface area contributed by atoms with Crippen molar-refractivity contribution >= 4 is 39.8 Å². The van der Waals surface area contributed by atoms with Gasteiger partial charge in [-0.05, 0) is 66.4 Å². The van der Waals surface area contributed by atoms with Gasteiger partial charge in [-0.2, -0.15) is 5.10 Å². The zero-order valence-corrected chi connectivity index (χ0v) is 21.4. The van der Waals surface area contributed by atoms with Gasteiger partial charge in [0.25, 0.3) is 5.91 Å². The van der Waals surface area contributed by atoms with Gasteiger partial charge in [0.15, 0.2) is 0 Å². The van der Waals surface area contributed by atoms with Crippen molar-refractivity contribution < 1.29 is 19.5 Å². The lowest BCUT2D eigenvalue weighted by Gasteiger charge is -2.17. The number of hydrogen-bond acceptors (Lipinski definition) is 5. The number of aryl methyl sites for hydroxylation is 2. The SMILES string of the molecule is Cc1ccc(NC(=O)CC/C(CC(=O)C(C)(C)C)=N\NC(=O)c2cc3ccccc3cc2O)cc1C. The third-order valence-corrected chi connectivity index (χ3v) is 6.06. The lowest BCUT2D eigenvalue weighted by Crippen LogP contribution is -2.26. The van der Waals surface area contributed by atoms with Crippen LogP contribution in [-0.2, 0) is 9.59 Å². The van der Waals surface area contributed by atoms with Gasteiger partial charge in [0.1, 0.15) is 11.5 Å². The van der Waals surface area contributed by atoms with Crippen molar-refractivity contribution in [2.45, 2.75) is 53.9 Å². The Morgan fingerprint density at radius 3 is 2.19 bits per heavy atom. The highest BCUT2D eigenvalue weighted by molar-refractivity contribution is 6.06. The first-order valence-corrected chi connectivity index (χ1v) is 11.9. The second-order valence-electron chi connectivity index (χ2n) is 10.0. The molecule has 0 spiro atoms. The van der Waals surface area contributed by atoms with E-state index in [1.807, 2.05) is 77.1 Å². The summed E-state index contributed by atoms with van der Waals surface area (Å²) in [6.07, 6.45) is 0.299. The highest BCUT2D eigenvalue weighted by Gasteiger charge is 2.23. The molecule has 0 aromatic heterocycles. The smallest absolute Gasteiger partial charge is 0.275 e. The molecule has 0 aliphatic carbocycles. The van der Waals surface area contributed by atoms with Crippen molar-refractivity contribution in [3.63, 3.8) is 0 Å². The Hall–Kier alpha value is -4.00. The van der Waals surface area contributed by atoms with E-state index in [9.17, 15) is 19.5 Å². The van der Waals surface area contributed by atoms with E-state index in [-0.39, 0.29) is 42.3 Å². The van der Waals surface area contributed by atoms with Crippen molar-refractivity contribution in [2.24, 2.45) is 10.5 Å². The maximum absolute atomic E-state index is 12.8. The molecule has 3 aromatic carbocycles. The second kappa shape index (κ2) is 11.2. The van der Waals surface area contributed by atoms with Gasteiger partial charge < -0.3 is 10.4 Å². The number of ketones is 1. The van der Waals surface area contributed by atoms with Gasteiger partial charge >= 0.3 is 0 Å². The summed E-state index contributed by atoms with van der Waals surface area (Å²) in [5.74, 6) is -1.04. The van der Waals surface area contributed by atoms with Gasteiger partial charge in [-0.1, -0.05) is 51.1 Å². The van der Waals surface area contributed by atoms with Crippen LogP contribution < -0.4 is 10.7 Å². The molecule has 3 N–H and O–H groups in total. The van der Waals surface area contributed by atoms with Crippen LogP contribution in [0.3, 0.4) is 0 Å². The molecule has 0 heterocycles. The predicted octanol–water partition coefficient (Wildman–Crippen LogP) is 5.67. The number of hydrogen-bond donors (Lipinski definition) is 3. The van der Waals surface area contributed by atoms with E-state index in [0.717, 1.165) is 21.9 Å². The third-order valence-electron chi connectivity index (χ3n) is 6.06. The standard InChI is InChI=1S/C29H33N3O4/c1-18-10-11-22(14-19(18)2)30-27(35)13-12-23(17-26(34)29(3,4)5)31-32-28(36)24-15-20-8-6-7-9-21(20)16-25(24)33/h6-11,14-16,33H,12-13,17H2,1-5H3,(H,30,35)(H,32,36)/b31-23+. The van der Waals surface area contributed by atoms with Crippen LogP contribution in [0.1, 0.15) is 61.5 Å². The first-order chi connectivity index (χ1) is 16.9. The number of benzene rings is 3. The molecule has 0 fully saturated rings. The quantitative estimate of drug-likeness (QED) is 0.281. The number of phenols is 1. The first kappa shape index (κ1) is 26.6. The number of hydrazone groups is 1. The summed E-state index contributed by atoms with van der Waals surface area (Å²) in [6.45, 7) is 9.41. The van der Waals surface area contributed by atoms with Gasteiger partial charge in [-0.25, -0.2) is 5.43 Å². The largest absolute Gasteiger partial charge is 0.507 e. The number of anilines is 1. The van der Waals surface area contributed by atoms with E-state index in [0.29, 0.717) is 11.4 Å². The van der Waals surface area contributed by atoms with Crippen molar-refractivity contribution in [1.82, 2.24) is 5.43 Å². The number of fused-ring (bicyclic) bond motifs is 1. The zero-order valence-electron chi connectivity index (χ0n) is 21.4. The molecule has 7 nitrogen and oxygen atoms in total. The van der Waals surface area contributed by atoms with E-state index in [2.05, 4.69) is 15.8 Å². The number of carbonyl (C=O) groups is 3. The maximum Gasteiger partial charge on any atom is 0.275 e. The van der Waals surface area contributed by atoms with E-state index < -0.39 is 11.3 Å². The molecule has 36 heavy (non-hydrogen) atoms. The van der Waals surface area contributed by atoms with E-state index in [1.165, 1.54) is 6.07 Å². The van der Waals surface area contributed by atoms with E-state index in [4.69, 9.17) is 0 Å². The molecule has 3 rings (SSSR count). The summed E-state index contributed by atoms with van der Waals surface area (Å²) in [7, 11) is 0. The molecular formula is C29H33N3O4. The van der Waals surface area contributed by atoms with Crippen molar-refractivity contribution in [1.29, 1.82) is 0 Å². The highest BCUT2D eigenvalue weighted by atomic mass is 16.3. The summed E-state index contributed by atoms with van der Waals surface area (Å²) in [4.78, 5) is 38.0. The fraction of sp³-hybridized carbons (Fsp3) is 0.310. The topological polar surface area (TPSA) is 108 Å². The molecule has 0 saturated carbocycles. The molecule has 7 heteroatoms. The van der Waals surface area contributed by atoms with Crippen LogP contribution in [0.5, 0.6) is 5.75 Å². The van der Waals surface area contributed by atoms with Gasteiger partial charge in [0.2, 0.25) is 5.91 Å². The van der Waals surface area contributed by atoms with Crippen molar-refractivity contribution in [3.05, 3.63) is 71.3 Å². The monoisotopic (exact) mass is 487 g/mol. The van der Waals surface area contributed by atoms with Crippen LogP contribution >= 0.6 is 0 Å². The molecule has 0 aliphatic heterocycles. The Balaban J connectivity index is 1.73. The number of nitrogens with zero attached hydrogens (tertiary/aromatic N) is 1. The van der Waals surface area contributed by atoms with E-state index in [1.54, 1.807) is 6.07 Å². The molecule has 0 saturated heterocycles. The minimum atomic E-state index is -0.599. The lowest BCUT2D eigenvalue weighted by molar-refractivity contribution is -0.125. The fourth-order valence-electron chi connectivity index (χ4n) is 3.54. The molecule has 2 amide bonds. The first-order valence-electron chi connectivity index (χ1n) is 11.9. The lowest BCUT2D eigenvalue weighted by atomic mass is 9.87. The number of nitrogens with one attached hydrogen (secondary N) is 2. The van der Waals surface area contributed by atoms with Gasteiger partial charge in [0, 0.05) is 29.7 Å². The molecule has 0 radical (unpaired) electrons. The number of Topliss-reactive ketones (excluding diaryl/α,β-unsaturated/α-hetero) is 1. The molecular weight excluding hydrogens is 454 g/mol. The van der Waals surface area contributed by atoms with E-state index >= 15 is 0 Å². The van der Waals surface area contributed by atoms with Crippen molar-refractivity contribution in [2.75, 3.05) is 5.32 Å². The Bertz CT molecular complexity index is 1340. The van der Waals surface area contributed by atoms with Crippen LogP contribution in [0.25, 0.3) is 10.8 Å². The van der Waals surface area contributed by atoms with Crippen LogP contribution in [0.15, 0.2) is 59.7 Å². The van der Waals surface area contributed by atoms with Gasteiger partial charge in [-0.3, -0.25) is 14.4 Å². The minimum Gasteiger partial charge on any atom is -0.507 e. The molecule has 0 aliphatic rings. The summed E-state index contributed by atoms with van der Waals surface area (Å²) in [6, 6.07) is 16.2. The van der Waals surface area contributed by atoms with Crippen LogP contribution in [-0.4, -0.2) is 28.4 Å². The predicted molar refractivity (Wildman–Crippen MR) is 143 cm³/mol. The second-order valence-corrected chi connectivity index (χ2v) is 10.0. The Morgan fingerprint density at radius 2 is 1.56 bits per heavy atom. The van der Waals surface area contributed by atoms with Gasteiger partial charge in [0.05, 0.1) is 5.56 Å². The molecule has 0 atom stereocenters. The fourth-order valence-corrected chi connectivity index (χ4v) is 3.54. The molecule has 188 valence electrons. The summed E-state index contributed by atoms with van der Waals surface area (Å²) in [5, 5.41) is 19.0. The highest BCUT2D eigenvalue weighted by Crippen LogP contribution is 2.25. The molecule has 0 unspecified atom stereocenters. The number of carbonyl (C=O) groups excluding carboxylic acids is 3. The number of amides is 2. The molecule has 0 bridgehead atoms. The number of aromatic hydroxyl groups is 1. The molecule has 3 aromatic rings. The Morgan fingerprint density at radius 1 is 0.889 bits per heavy atom. The third kappa shape index (κ3) is 7.01. The van der Waals surface area contributed by atoms with Gasteiger partial charge in [-0.15, -0.1) is 0 Å². The minimum absolute atomic E-state index is 0.00437. The average molecular weight is 488 g/mol. The summed E-state index contributed by atoms with van der Waals surface area (Å²) < 4.78 is 0. The van der Waals surface area contributed by atoms with Crippen LogP contribution in [0.2, 0.25) is 0 Å². The zero-order chi connectivity index (χ0) is 26.5. The summed E-state index contributed by atoms with van der Waals surface area (Å²) in [5.41, 5.74) is 5.23. The number of rotatable bonds is 8. The Labute approximate surface area is 211 Å².